The van der Waals surface area contributed by atoms with Gasteiger partial charge in [0.15, 0.2) is 0 Å². The number of hydrogen-bond acceptors (Lipinski definition) is 3. The van der Waals surface area contributed by atoms with Gasteiger partial charge in [0.25, 0.3) is 0 Å². The number of hydrogen-bond donors (Lipinski definition) is 1. The molecular formula is C21H27N3O2. The molecule has 2 aliphatic rings. The predicted octanol–water partition coefficient (Wildman–Crippen LogP) is 2.91. The minimum atomic E-state index is -0.0899. The van der Waals surface area contributed by atoms with Gasteiger partial charge in [-0.25, -0.2) is 0 Å². The highest BCUT2D eigenvalue weighted by Crippen LogP contribution is 2.42. The molecule has 1 amide bonds. The Morgan fingerprint density at radius 3 is 2.81 bits per heavy atom. The smallest absolute Gasteiger partial charge is 0.230 e. The standard InChI is InChI=1S/C21H27N3O2/c1-5-24(6-2)21(25)14-7-16-17-9-15(26-4)10-18-20(17)13(11-22-18)8-19(16)23(3)12-14/h7,9-11,14,19,22H,5-6,8,12H2,1-4H3/t14-,19-/m1/s1. The van der Waals surface area contributed by atoms with Crippen LogP contribution in [0.15, 0.2) is 24.4 Å². The van der Waals surface area contributed by atoms with E-state index in [9.17, 15) is 4.79 Å². The minimum Gasteiger partial charge on any atom is -0.497 e. The maximum Gasteiger partial charge on any atom is 0.230 e. The average Bonchev–Trinajstić information content (AvgIpc) is 3.06. The first-order valence-electron chi connectivity index (χ1n) is 9.46. The van der Waals surface area contributed by atoms with Crippen molar-refractivity contribution in [3.05, 3.63) is 35.5 Å². The van der Waals surface area contributed by atoms with E-state index in [1.807, 2.05) is 24.8 Å². The van der Waals surface area contributed by atoms with E-state index in [4.69, 9.17) is 4.74 Å². The Bertz CT molecular complexity index is 879. The molecule has 26 heavy (non-hydrogen) atoms. The third-order valence-corrected chi connectivity index (χ3v) is 5.94. The lowest BCUT2D eigenvalue weighted by molar-refractivity contribution is -0.134. The van der Waals surface area contributed by atoms with Crippen molar-refractivity contribution in [3.8, 4) is 5.75 Å². The number of methoxy groups -OCH3 is 1. The fourth-order valence-corrected chi connectivity index (χ4v) is 4.54. The molecule has 1 N–H and O–H groups in total. The van der Waals surface area contributed by atoms with Crippen LogP contribution in [0.25, 0.3) is 16.5 Å². The van der Waals surface area contributed by atoms with E-state index in [0.717, 1.165) is 37.3 Å². The zero-order valence-electron chi connectivity index (χ0n) is 16.0. The molecule has 0 saturated heterocycles. The molecule has 4 rings (SSSR count). The molecule has 1 aromatic carbocycles. The van der Waals surface area contributed by atoms with Crippen molar-refractivity contribution >= 4 is 22.4 Å². The molecule has 138 valence electrons. The molecule has 0 bridgehead atoms. The summed E-state index contributed by atoms with van der Waals surface area (Å²) in [6.45, 7) is 6.38. The molecule has 0 unspecified atom stereocenters. The molecule has 0 spiro atoms. The zero-order valence-corrected chi connectivity index (χ0v) is 16.0. The molecule has 0 fully saturated rings. The minimum absolute atomic E-state index is 0.0899. The number of benzene rings is 1. The normalized spacial score (nSPS) is 22.1. The molecular weight excluding hydrogens is 326 g/mol. The Morgan fingerprint density at radius 2 is 2.12 bits per heavy atom. The summed E-state index contributed by atoms with van der Waals surface area (Å²) < 4.78 is 5.52. The number of aromatic nitrogens is 1. The Balaban J connectivity index is 1.84. The summed E-state index contributed by atoms with van der Waals surface area (Å²) in [6.07, 6.45) is 5.31. The van der Waals surface area contributed by atoms with E-state index in [-0.39, 0.29) is 11.8 Å². The number of ether oxygens (including phenoxy) is 1. The van der Waals surface area contributed by atoms with Crippen molar-refractivity contribution in [2.75, 3.05) is 33.8 Å². The van der Waals surface area contributed by atoms with Crippen LogP contribution in [0.1, 0.15) is 25.0 Å². The number of amides is 1. The molecule has 1 aliphatic heterocycles. The van der Waals surface area contributed by atoms with E-state index in [1.54, 1.807) is 7.11 Å². The van der Waals surface area contributed by atoms with E-state index in [2.05, 4.69) is 35.3 Å². The van der Waals surface area contributed by atoms with Crippen molar-refractivity contribution in [2.45, 2.75) is 26.3 Å². The van der Waals surface area contributed by atoms with Crippen molar-refractivity contribution in [1.82, 2.24) is 14.8 Å². The quantitative estimate of drug-likeness (QED) is 0.919. The van der Waals surface area contributed by atoms with Crippen LogP contribution in [0, 0.1) is 5.92 Å². The molecule has 5 heteroatoms. The van der Waals surface area contributed by atoms with E-state index < -0.39 is 0 Å². The van der Waals surface area contributed by atoms with Crippen molar-refractivity contribution in [1.29, 1.82) is 0 Å². The van der Waals surface area contributed by atoms with Gasteiger partial charge >= 0.3 is 0 Å². The van der Waals surface area contributed by atoms with Crippen LogP contribution in [0.2, 0.25) is 0 Å². The van der Waals surface area contributed by atoms with Gasteiger partial charge in [0.05, 0.1) is 13.0 Å². The number of H-pyrrole nitrogens is 1. The number of fused-ring (bicyclic) bond motifs is 2. The first-order chi connectivity index (χ1) is 12.6. The first kappa shape index (κ1) is 17.2. The lowest BCUT2D eigenvalue weighted by Crippen LogP contribution is -2.47. The Hall–Kier alpha value is -2.27. The number of nitrogens with one attached hydrogen (secondary N) is 1. The van der Waals surface area contributed by atoms with Crippen LogP contribution < -0.4 is 4.74 Å². The SMILES string of the molecule is CCN(CC)C(=O)[C@@H]1C=C2c3cc(OC)cc4[nH]cc(c34)C[C@H]2N(C)C1. The van der Waals surface area contributed by atoms with Crippen LogP contribution in [0.5, 0.6) is 5.75 Å². The third-order valence-electron chi connectivity index (χ3n) is 5.94. The first-order valence-corrected chi connectivity index (χ1v) is 9.46. The third kappa shape index (κ3) is 2.53. The number of aromatic amines is 1. The second-order valence-corrected chi connectivity index (χ2v) is 7.31. The van der Waals surface area contributed by atoms with Gasteiger partial charge < -0.3 is 14.6 Å². The number of nitrogens with zero attached hydrogens (tertiary/aromatic N) is 2. The largest absolute Gasteiger partial charge is 0.497 e. The summed E-state index contributed by atoms with van der Waals surface area (Å²) >= 11 is 0. The molecule has 1 aliphatic carbocycles. The highest BCUT2D eigenvalue weighted by Gasteiger charge is 2.36. The molecule has 1 aromatic heterocycles. The fourth-order valence-electron chi connectivity index (χ4n) is 4.54. The average molecular weight is 353 g/mol. The lowest BCUT2D eigenvalue weighted by Gasteiger charge is -2.40. The topological polar surface area (TPSA) is 48.6 Å². The number of rotatable bonds is 4. The van der Waals surface area contributed by atoms with Gasteiger partial charge in [-0.15, -0.1) is 0 Å². The summed E-state index contributed by atoms with van der Waals surface area (Å²) in [5.41, 5.74) is 4.92. The van der Waals surface area contributed by atoms with Crippen LogP contribution in [0.3, 0.4) is 0 Å². The van der Waals surface area contributed by atoms with Gasteiger partial charge in [0.2, 0.25) is 5.91 Å². The maximum absolute atomic E-state index is 13.0. The summed E-state index contributed by atoms with van der Waals surface area (Å²) in [7, 11) is 3.83. The van der Waals surface area contributed by atoms with Crippen LogP contribution in [-0.4, -0.2) is 60.5 Å². The highest BCUT2D eigenvalue weighted by atomic mass is 16.5. The molecule has 2 heterocycles. The van der Waals surface area contributed by atoms with Gasteiger partial charge in [0, 0.05) is 48.8 Å². The van der Waals surface area contributed by atoms with Gasteiger partial charge in [-0.3, -0.25) is 9.69 Å². The van der Waals surface area contributed by atoms with Gasteiger partial charge in [0.1, 0.15) is 5.75 Å². The van der Waals surface area contributed by atoms with Crippen LogP contribution in [0.4, 0.5) is 0 Å². The van der Waals surface area contributed by atoms with Gasteiger partial charge in [-0.2, -0.15) is 0 Å². The maximum atomic E-state index is 13.0. The Kier molecular flexibility index (Phi) is 4.27. The van der Waals surface area contributed by atoms with E-state index >= 15 is 0 Å². The summed E-state index contributed by atoms with van der Waals surface area (Å²) in [5.74, 6) is 0.988. The van der Waals surface area contributed by atoms with Crippen molar-refractivity contribution < 1.29 is 9.53 Å². The number of carbonyl (C=O) groups excluding carboxylic acids is 1. The monoisotopic (exact) mass is 353 g/mol. The lowest BCUT2D eigenvalue weighted by atomic mass is 9.79. The molecule has 0 saturated carbocycles. The molecule has 2 atom stereocenters. The molecule has 2 aromatic rings. The fraction of sp³-hybridized carbons (Fsp3) is 0.476. The predicted molar refractivity (Wildman–Crippen MR) is 104 cm³/mol. The van der Waals surface area contributed by atoms with Crippen LogP contribution in [-0.2, 0) is 11.2 Å². The zero-order chi connectivity index (χ0) is 18.4. The summed E-state index contributed by atoms with van der Waals surface area (Å²) in [5, 5.41) is 1.28. The summed E-state index contributed by atoms with van der Waals surface area (Å²) in [4.78, 5) is 20.6. The van der Waals surface area contributed by atoms with Crippen LogP contribution >= 0.6 is 0 Å². The molecule has 0 radical (unpaired) electrons. The van der Waals surface area contributed by atoms with Crippen molar-refractivity contribution in [3.63, 3.8) is 0 Å². The highest BCUT2D eigenvalue weighted by molar-refractivity contribution is 6.00. The second kappa shape index (κ2) is 6.47. The van der Waals surface area contributed by atoms with Gasteiger partial charge in [-0.05, 0) is 50.1 Å². The number of likely N-dealkylation sites (N-methyl/N-ethyl adjacent to an activating group) is 1. The van der Waals surface area contributed by atoms with E-state index in [1.165, 1.54) is 22.1 Å². The second-order valence-electron chi connectivity index (χ2n) is 7.31. The van der Waals surface area contributed by atoms with Crippen molar-refractivity contribution in [2.24, 2.45) is 5.92 Å². The Morgan fingerprint density at radius 1 is 1.35 bits per heavy atom. The Labute approximate surface area is 154 Å². The number of carbonyl (C=O) groups is 1. The van der Waals surface area contributed by atoms with Gasteiger partial charge in [-0.1, -0.05) is 6.08 Å². The summed E-state index contributed by atoms with van der Waals surface area (Å²) in [6, 6.07) is 4.48. The molecule has 5 nitrogen and oxygen atoms in total. The van der Waals surface area contributed by atoms with E-state index in [0.29, 0.717) is 6.04 Å².